The van der Waals surface area contributed by atoms with Crippen molar-refractivity contribution >= 4 is 70.8 Å². The zero-order chi connectivity index (χ0) is 22.2. The van der Waals surface area contributed by atoms with Gasteiger partial charge in [-0.1, -0.05) is 29.3 Å². The Kier molecular flexibility index (Phi) is 12.3. The predicted octanol–water partition coefficient (Wildman–Crippen LogP) is 5.75. The van der Waals surface area contributed by atoms with E-state index in [0.717, 1.165) is 5.56 Å². The molecule has 1 aliphatic rings. The molecule has 29 heavy (non-hydrogen) atoms. The first kappa shape index (κ1) is 27.4. The Morgan fingerprint density at radius 1 is 1.28 bits per heavy atom. The summed E-state index contributed by atoms with van der Waals surface area (Å²) in [5, 5.41) is 0.984. The molecule has 0 bridgehead atoms. The van der Waals surface area contributed by atoms with Crippen LogP contribution in [0.3, 0.4) is 0 Å². The van der Waals surface area contributed by atoms with Crippen LogP contribution in [0.25, 0.3) is 0 Å². The summed E-state index contributed by atoms with van der Waals surface area (Å²) in [6.07, 6.45) is 0.275. The number of benzene rings is 1. The van der Waals surface area contributed by atoms with Gasteiger partial charge >= 0.3 is 17.5 Å². The summed E-state index contributed by atoms with van der Waals surface area (Å²) in [4.78, 5) is 14.2. The summed E-state index contributed by atoms with van der Waals surface area (Å²) in [6, 6.07) is 5.52. The summed E-state index contributed by atoms with van der Waals surface area (Å²) < 4.78 is 11.5. The molecule has 1 heterocycles. The third-order valence-corrected chi connectivity index (χ3v) is 4.77. The number of carbonyl (C=O) groups is 1. The number of ether oxygens (including phenoxy) is 2. The number of amides is 1. The molecule has 0 spiro atoms. The second kappa shape index (κ2) is 13.1. The van der Waals surface area contributed by atoms with Crippen molar-refractivity contribution in [3.05, 3.63) is 33.8 Å². The van der Waals surface area contributed by atoms with E-state index < -0.39 is 17.0 Å². The standard InChI is InChI=1S/C18H26Cl2N2O3.Al.3ClH/c1-18(2,3)25-17(23)22-8-9-24-16(6-7-21)13(11-22)12-4-5-14(19)15(20)10-12;;;;/h4-5,10,13,16H,6-9,11,21H2,1-3H3;;3*1H/q;+3;;;/p-3. The largest absolute Gasteiger partial charge is 0.643 e. The average Bonchev–Trinajstić information content (AvgIpc) is 2.79. The van der Waals surface area contributed by atoms with Gasteiger partial charge in [0, 0.05) is 19.0 Å². The van der Waals surface area contributed by atoms with Crippen LogP contribution in [0.2, 0.25) is 10.0 Å². The SMILES string of the molecule is CC(C)(C)OC(=O)N1CCOC(CCN)C(c2ccc(Cl)c(Cl)c2)C1.[Cl][Al]([Cl])[Cl]. The molecule has 1 aromatic carbocycles. The third-order valence-electron chi connectivity index (χ3n) is 4.03. The van der Waals surface area contributed by atoms with Gasteiger partial charge in [0.05, 0.1) is 22.8 Å². The fraction of sp³-hybridized carbons (Fsp3) is 0.611. The molecule has 2 N–H and O–H groups in total. The topological polar surface area (TPSA) is 64.8 Å². The van der Waals surface area contributed by atoms with E-state index >= 15 is 0 Å². The van der Waals surface area contributed by atoms with Crippen molar-refractivity contribution in [2.75, 3.05) is 26.2 Å². The Morgan fingerprint density at radius 3 is 2.41 bits per heavy atom. The maximum Gasteiger partial charge on any atom is 0.643 e. The number of nitrogens with two attached hydrogens (primary N) is 1. The fourth-order valence-corrected chi connectivity index (χ4v) is 3.19. The van der Waals surface area contributed by atoms with Crippen LogP contribution < -0.4 is 5.73 Å². The van der Waals surface area contributed by atoms with E-state index in [2.05, 4.69) is 0 Å². The van der Waals surface area contributed by atoms with Gasteiger partial charge in [0.25, 0.3) is 0 Å². The van der Waals surface area contributed by atoms with Crippen molar-refractivity contribution in [3.63, 3.8) is 0 Å². The van der Waals surface area contributed by atoms with Crippen LogP contribution in [-0.4, -0.2) is 60.3 Å². The molecule has 1 aromatic rings. The van der Waals surface area contributed by atoms with Crippen molar-refractivity contribution in [3.8, 4) is 0 Å². The Bertz CT molecular complexity index is 658. The van der Waals surface area contributed by atoms with Crippen LogP contribution in [0.1, 0.15) is 38.7 Å². The molecule has 1 amide bonds. The van der Waals surface area contributed by atoms with Crippen molar-refractivity contribution in [2.24, 2.45) is 5.73 Å². The van der Waals surface area contributed by atoms with Crippen LogP contribution in [0.15, 0.2) is 18.2 Å². The minimum atomic E-state index is -1.72. The van der Waals surface area contributed by atoms with Crippen LogP contribution in [0.5, 0.6) is 0 Å². The van der Waals surface area contributed by atoms with Gasteiger partial charge in [-0.3, -0.25) is 0 Å². The lowest BCUT2D eigenvalue weighted by atomic mass is 9.91. The Hall–Kier alpha value is 0.392. The molecule has 5 nitrogen and oxygen atoms in total. The monoisotopic (exact) mass is 520 g/mol. The maximum atomic E-state index is 12.5. The molecule has 0 radical (unpaired) electrons. The normalized spacial score (nSPS) is 19.7. The summed E-state index contributed by atoms with van der Waals surface area (Å²) in [7, 11) is 14.8. The second-order valence-corrected chi connectivity index (χ2v) is 14.7. The molecule has 0 saturated carbocycles. The Morgan fingerprint density at radius 2 is 1.90 bits per heavy atom. The molecule has 11 heteroatoms. The Labute approximate surface area is 199 Å². The molecule has 1 aliphatic heterocycles. The van der Waals surface area contributed by atoms with E-state index in [1.165, 1.54) is 0 Å². The average molecular weight is 523 g/mol. The molecule has 2 unspecified atom stereocenters. The van der Waals surface area contributed by atoms with Gasteiger partial charge in [-0.2, -0.15) is 0 Å². The van der Waals surface area contributed by atoms with Crippen LogP contribution in [0.4, 0.5) is 4.79 Å². The van der Waals surface area contributed by atoms with Crippen LogP contribution in [0, 0.1) is 0 Å². The van der Waals surface area contributed by atoms with Gasteiger partial charge < -0.3 is 20.1 Å². The van der Waals surface area contributed by atoms with E-state index in [-0.39, 0.29) is 18.1 Å². The molecule has 2 atom stereocenters. The highest BCUT2D eigenvalue weighted by Crippen LogP contribution is 2.32. The zero-order valence-electron chi connectivity index (χ0n) is 16.6. The highest BCUT2D eigenvalue weighted by molar-refractivity contribution is 7.54. The first-order valence-electron chi connectivity index (χ1n) is 9.11. The summed E-state index contributed by atoms with van der Waals surface area (Å²) >= 11 is 10.5. The minimum Gasteiger partial charge on any atom is -0.444 e. The lowest BCUT2D eigenvalue weighted by Gasteiger charge is -2.30. The molecule has 0 aliphatic carbocycles. The molecular formula is C18H26AlCl5N2O3. The van der Waals surface area contributed by atoms with Gasteiger partial charge in [0.15, 0.2) is 0 Å². The fourth-order valence-electron chi connectivity index (χ4n) is 2.88. The molecule has 0 aromatic heterocycles. The summed E-state index contributed by atoms with van der Waals surface area (Å²) in [5.41, 5.74) is 6.18. The number of carbonyl (C=O) groups excluding carboxylic acids is 1. The number of rotatable bonds is 3. The number of hydrogen-bond donors (Lipinski definition) is 1. The van der Waals surface area contributed by atoms with Gasteiger partial charge in [0.2, 0.25) is 0 Å². The smallest absolute Gasteiger partial charge is 0.444 e. The van der Waals surface area contributed by atoms with Crippen molar-refractivity contribution in [1.29, 1.82) is 0 Å². The van der Waals surface area contributed by atoms with E-state index in [1.54, 1.807) is 11.0 Å². The van der Waals surface area contributed by atoms with Crippen LogP contribution in [-0.2, 0) is 9.47 Å². The van der Waals surface area contributed by atoms with Gasteiger partial charge in [-0.15, -0.1) is 0 Å². The second-order valence-electron chi connectivity index (χ2n) is 7.44. The molecule has 2 rings (SSSR count). The number of nitrogens with zero attached hydrogens (tertiary/aromatic N) is 1. The van der Waals surface area contributed by atoms with E-state index in [4.69, 9.17) is 68.6 Å². The van der Waals surface area contributed by atoms with Crippen molar-refractivity contribution in [2.45, 2.75) is 44.8 Å². The van der Waals surface area contributed by atoms with Gasteiger partial charge in [-0.25, -0.2) is 34.9 Å². The summed E-state index contributed by atoms with van der Waals surface area (Å²) in [6.45, 7) is 7.48. The van der Waals surface area contributed by atoms with Crippen molar-refractivity contribution < 1.29 is 14.3 Å². The lowest BCUT2D eigenvalue weighted by molar-refractivity contribution is 0.0229. The molecule has 1 fully saturated rings. The number of hydrogen-bond acceptors (Lipinski definition) is 4. The maximum absolute atomic E-state index is 12.5. The third kappa shape index (κ3) is 10.5. The summed E-state index contributed by atoms with van der Waals surface area (Å²) in [5.74, 6) is -0.0478. The predicted molar refractivity (Wildman–Crippen MR) is 124 cm³/mol. The highest BCUT2D eigenvalue weighted by atomic mass is 35.8. The quantitative estimate of drug-likeness (QED) is 0.514. The van der Waals surface area contributed by atoms with E-state index in [1.807, 2.05) is 32.9 Å². The van der Waals surface area contributed by atoms with Gasteiger partial charge in [0.1, 0.15) is 5.60 Å². The molecule has 1 saturated heterocycles. The van der Waals surface area contributed by atoms with E-state index in [0.29, 0.717) is 42.7 Å². The first-order chi connectivity index (χ1) is 13.4. The zero-order valence-corrected chi connectivity index (χ0v) is 21.6. The molecular weight excluding hydrogens is 496 g/mol. The lowest BCUT2D eigenvalue weighted by Crippen LogP contribution is -2.40. The van der Waals surface area contributed by atoms with Crippen molar-refractivity contribution in [1.82, 2.24) is 4.90 Å². The minimum absolute atomic E-state index is 0.0478. The first-order valence-corrected chi connectivity index (χ1v) is 15.1. The van der Waals surface area contributed by atoms with Gasteiger partial charge in [-0.05, 0) is 51.4 Å². The molecule has 164 valence electrons. The van der Waals surface area contributed by atoms with E-state index in [9.17, 15) is 4.79 Å². The van der Waals surface area contributed by atoms with Crippen LogP contribution >= 0.6 is 53.3 Å². The highest BCUT2D eigenvalue weighted by Gasteiger charge is 2.33. The Balaban J connectivity index is 0.000000960. The number of halogens is 5.